The highest BCUT2D eigenvalue weighted by Crippen LogP contribution is 2.23. The fourth-order valence-electron chi connectivity index (χ4n) is 3.01. The summed E-state index contributed by atoms with van der Waals surface area (Å²) in [6.07, 6.45) is 3.68. The third-order valence-electron chi connectivity index (χ3n) is 4.41. The number of piperidine rings is 1. The Labute approximate surface area is 141 Å². The summed E-state index contributed by atoms with van der Waals surface area (Å²) < 4.78 is 0. The van der Waals surface area contributed by atoms with Gasteiger partial charge in [-0.1, -0.05) is 29.8 Å². The molecule has 0 saturated carbocycles. The Hall–Kier alpha value is -2.07. The molecule has 120 valence electrons. The number of hydrogen-bond donors (Lipinski definition) is 0. The van der Waals surface area contributed by atoms with Crippen molar-refractivity contribution < 1.29 is 4.79 Å². The predicted molar refractivity (Wildman–Crippen MR) is 93.0 cm³/mol. The molecule has 4 nitrogen and oxygen atoms in total. The van der Waals surface area contributed by atoms with Gasteiger partial charge < -0.3 is 9.80 Å². The molecule has 2 aromatic rings. The highest BCUT2D eigenvalue weighted by Gasteiger charge is 2.27. The van der Waals surface area contributed by atoms with Gasteiger partial charge in [0, 0.05) is 32.4 Å². The fourth-order valence-corrected chi connectivity index (χ4v) is 3.23. The quantitative estimate of drug-likeness (QED) is 0.865. The fraction of sp³-hybridized carbons (Fsp3) is 0.333. The van der Waals surface area contributed by atoms with Crippen LogP contribution in [0.4, 0.5) is 5.82 Å². The van der Waals surface area contributed by atoms with Crippen LogP contribution in [0.15, 0.2) is 48.7 Å². The summed E-state index contributed by atoms with van der Waals surface area (Å²) >= 11 is 6.14. The van der Waals surface area contributed by atoms with Crippen molar-refractivity contribution in [1.82, 2.24) is 9.88 Å². The molecule has 5 heteroatoms. The van der Waals surface area contributed by atoms with Crippen molar-refractivity contribution in [3.63, 3.8) is 0 Å². The van der Waals surface area contributed by atoms with Gasteiger partial charge in [-0.05, 0) is 37.1 Å². The van der Waals surface area contributed by atoms with E-state index < -0.39 is 0 Å². The number of carbonyl (C=O) groups is 1. The number of halogens is 1. The van der Waals surface area contributed by atoms with Crippen LogP contribution in [0.5, 0.6) is 0 Å². The minimum atomic E-state index is -0.00751. The average molecular weight is 330 g/mol. The van der Waals surface area contributed by atoms with E-state index in [2.05, 4.69) is 9.88 Å². The number of aromatic nitrogens is 1. The Morgan fingerprint density at radius 2 is 1.87 bits per heavy atom. The summed E-state index contributed by atoms with van der Waals surface area (Å²) in [6.45, 7) is 1.81. The first-order valence-corrected chi connectivity index (χ1v) is 8.22. The molecular formula is C18H20ClN3O. The lowest BCUT2D eigenvalue weighted by Crippen LogP contribution is -2.45. The zero-order valence-corrected chi connectivity index (χ0v) is 13.9. The van der Waals surface area contributed by atoms with E-state index in [1.54, 1.807) is 12.1 Å². The number of hydrogen-bond acceptors (Lipinski definition) is 3. The molecule has 0 N–H and O–H groups in total. The van der Waals surface area contributed by atoms with Crippen LogP contribution in [0, 0.1) is 0 Å². The molecule has 1 aliphatic heterocycles. The minimum Gasteiger partial charge on any atom is -0.356 e. The van der Waals surface area contributed by atoms with Gasteiger partial charge in [0.25, 0.3) is 5.91 Å². The third kappa shape index (κ3) is 3.48. The van der Waals surface area contributed by atoms with Crippen molar-refractivity contribution in [1.29, 1.82) is 0 Å². The van der Waals surface area contributed by atoms with Gasteiger partial charge in [0.15, 0.2) is 0 Å². The van der Waals surface area contributed by atoms with Crippen molar-refractivity contribution in [2.24, 2.45) is 0 Å². The maximum atomic E-state index is 12.6. The molecule has 0 unspecified atom stereocenters. The van der Waals surface area contributed by atoms with Crippen LogP contribution in [0.2, 0.25) is 5.02 Å². The zero-order valence-electron chi connectivity index (χ0n) is 13.2. The smallest absolute Gasteiger partial charge is 0.255 e. The van der Waals surface area contributed by atoms with Crippen LogP contribution in [-0.4, -0.2) is 42.0 Å². The SMILES string of the molecule is CN(C(=O)c1ccccc1Cl)C1CCN(c2ccccn2)CC1. The molecule has 0 aliphatic carbocycles. The molecule has 1 saturated heterocycles. The van der Waals surface area contributed by atoms with Crippen molar-refractivity contribution >= 4 is 23.3 Å². The van der Waals surface area contributed by atoms with E-state index in [0.29, 0.717) is 10.6 Å². The number of carbonyl (C=O) groups excluding carboxylic acids is 1. The average Bonchev–Trinajstić information content (AvgIpc) is 2.62. The van der Waals surface area contributed by atoms with Crippen LogP contribution in [0.1, 0.15) is 23.2 Å². The second kappa shape index (κ2) is 7.01. The lowest BCUT2D eigenvalue weighted by Gasteiger charge is -2.37. The lowest BCUT2D eigenvalue weighted by molar-refractivity contribution is 0.0709. The van der Waals surface area contributed by atoms with Crippen LogP contribution in [0.25, 0.3) is 0 Å². The molecule has 0 spiro atoms. The number of pyridine rings is 1. The molecule has 2 heterocycles. The number of rotatable bonds is 3. The molecule has 1 aliphatic rings. The van der Waals surface area contributed by atoms with Gasteiger partial charge in [-0.25, -0.2) is 4.98 Å². The first kappa shape index (κ1) is 15.8. The topological polar surface area (TPSA) is 36.4 Å². The minimum absolute atomic E-state index is 0.00751. The molecule has 0 radical (unpaired) electrons. The Morgan fingerprint density at radius 3 is 2.52 bits per heavy atom. The maximum Gasteiger partial charge on any atom is 0.255 e. The summed E-state index contributed by atoms with van der Waals surface area (Å²) in [6, 6.07) is 13.4. The number of nitrogens with zero attached hydrogens (tertiary/aromatic N) is 3. The van der Waals surface area contributed by atoms with E-state index in [1.807, 2.05) is 48.5 Å². The third-order valence-corrected chi connectivity index (χ3v) is 4.74. The number of amides is 1. The van der Waals surface area contributed by atoms with E-state index in [-0.39, 0.29) is 11.9 Å². The van der Waals surface area contributed by atoms with Gasteiger partial charge in [0.1, 0.15) is 5.82 Å². The maximum absolute atomic E-state index is 12.6. The largest absolute Gasteiger partial charge is 0.356 e. The van der Waals surface area contributed by atoms with Gasteiger partial charge in [-0.3, -0.25) is 4.79 Å². The van der Waals surface area contributed by atoms with Crippen molar-refractivity contribution in [2.45, 2.75) is 18.9 Å². The molecular weight excluding hydrogens is 310 g/mol. The number of anilines is 1. The van der Waals surface area contributed by atoms with Gasteiger partial charge in [-0.15, -0.1) is 0 Å². The van der Waals surface area contributed by atoms with Crippen LogP contribution >= 0.6 is 11.6 Å². The van der Waals surface area contributed by atoms with E-state index in [1.165, 1.54) is 0 Å². The van der Waals surface area contributed by atoms with E-state index in [0.717, 1.165) is 31.7 Å². The van der Waals surface area contributed by atoms with E-state index >= 15 is 0 Å². The second-order valence-electron chi connectivity index (χ2n) is 5.80. The summed E-state index contributed by atoms with van der Waals surface area (Å²) in [7, 11) is 1.87. The Balaban J connectivity index is 1.63. The molecule has 1 fully saturated rings. The van der Waals surface area contributed by atoms with Crippen molar-refractivity contribution in [3.8, 4) is 0 Å². The van der Waals surface area contributed by atoms with Gasteiger partial charge in [0.2, 0.25) is 0 Å². The Kier molecular flexibility index (Phi) is 4.82. The highest BCUT2D eigenvalue weighted by molar-refractivity contribution is 6.33. The molecule has 1 amide bonds. The van der Waals surface area contributed by atoms with Crippen LogP contribution in [-0.2, 0) is 0 Å². The lowest BCUT2D eigenvalue weighted by atomic mass is 10.0. The summed E-state index contributed by atoms with van der Waals surface area (Å²) in [4.78, 5) is 21.1. The van der Waals surface area contributed by atoms with Crippen molar-refractivity contribution in [3.05, 3.63) is 59.2 Å². The molecule has 3 rings (SSSR count). The van der Waals surface area contributed by atoms with E-state index in [4.69, 9.17) is 11.6 Å². The molecule has 0 bridgehead atoms. The summed E-state index contributed by atoms with van der Waals surface area (Å²) in [5.41, 5.74) is 0.573. The van der Waals surface area contributed by atoms with Crippen molar-refractivity contribution in [2.75, 3.05) is 25.0 Å². The Bertz CT molecular complexity index is 669. The predicted octanol–water partition coefficient (Wildman–Crippen LogP) is 3.48. The molecule has 23 heavy (non-hydrogen) atoms. The summed E-state index contributed by atoms with van der Waals surface area (Å²) in [5.74, 6) is 0.998. The summed E-state index contributed by atoms with van der Waals surface area (Å²) in [5, 5.41) is 0.510. The first-order chi connectivity index (χ1) is 11.2. The second-order valence-corrected chi connectivity index (χ2v) is 6.21. The first-order valence-electron chi connectivity index (χ1n) is 7.84. The van der Waals surface area contributed by atoms with Crippen LogP contribution < -0.4 is 4.90 Å². The monoisotopic (exact) mass is 329 g/mol. The molecule has 1 aromatic heterocycles. The molecule has 0 atom stereocenters. The van der Waals surface area contributed by atoms with Gasteiger partial charge in [-0.2, -0.15) is 0 Å². The van der Waals surface area contributed by atoms with Gasteiger partial charge in [0.05, 0.1) is 10.6 Å². The zero-order chi connectivity index (χ0) is 16.2. The number of benzene rings is 1. The Morgan fingerprint density at radius 1 is 1.17 bits per heavy atom. The van der Waals surface area contributed by atoms with Crippen LogP contribution in [0.3, 0.4) is 0 Å². The van der Waals surface area contributed by atoms with E-state index in [9.17, 15) is 4.79 Å². The normalized spacial score (nSPS) is 15.5. The van der Waals surface area contributed by atoms with Gasteiger partial charge >= 0.3 is 0 Å². The standard InChI is InChI=1S/C18H20ClN3O/c1-21(18(23)15-6-2-3-7-16(15)19)14-9-12-22(13-10-14)17-8-4-5-11-20-17/h2-8,11,14H,9-10,12-13H2,1H3. The highest BCUT2D eigenvalue weighted by atomic mass is 35.5. The molecule has 1 aromatic carbocycles.